The van der Waals surface area contributed by atoms with Gasteiger partial charge in [0.2, 0.25) is 0 Å². The predicted octanol–water partition coefficient (Wildman–Crippen LogP) is 3.80. The molecule has 0 unspecified atom stereocenters. The Morgan fingerprint density at radius 2 is 2.14 bits per heavy atom. The smallest absolute Gasteiger partial charge is 0.270 e. The molecule has 2 aromatic rings. The van der Waals surface area contributed by atoms with Gasteiger partial charge in [0.05, 0.1) is 0 Å². The van der Waals surface area contributed by atoms with Crippen LogP contribution >= 0.6 is 0 Å². The number of hydrogen-bond donors (Lipinski definition) is 1. The fourth-order valence-electron chi connectivity index (χ4n) is 4.19. The highest BCUT2D eigenvalue weighted by Gasteiger charge is 2.38. The van der Waals surface area contributed by atoms with Crippen molar-refractivity contribution in [2.24, 2.45) is 5.92 Å². The summed E-state index contributed by atoms with van der Waals surface area (Å²) < 4.78 is 0. The number of carbonyl (C=O) groups excluding carboxylic acids is 1. The van der Waals surface area contributed by atoms with Crippen LogP contribution in [0.4, 0.5) is 0 Å². The van der Waals surface area contributed by atoms with Gasteiger partial charge in [-0.1, -0.05) is 18.1 Å². The largest absolute Gasteiger partial charge is 0.350 e. The summed E-state index contributed by atoms with van der Waals surface area (Å²) in [6.07, 6.45) is 4.97. The summed E-state index contributed by atoms with van der Waals surface area (Å²) in [5.41, 5.74) is 4.20. The topological polar surface area (TPSA) is 36.1 Å². The van der Waals surface area contributed by atoms with Gasteiger partial charge in [-0.3, -0.25) is 4.79 Å². The Morgan fingerprint density at radius 3 is 2.95 bits per heavy atom. The molecule has 1 saturated carbocycles. The molecule has 110 valence electrons. The zero-order valence-electron chi connectivity index (χ0n) is 12.8. The van der Waals surface area contributed by atoms with Gasteiger partial charge in [0.1, 0.15) is 5.69 Å². The number of aromatic nitrogens is 1. The maximum absolute atomic E-state index is 13.0. The Labute approximate surface area is 125 Å². The van der Waals surface area contributed by atoms with Crippen LogP contribution in [-0.4, -0.2) is 28.4 Å². The lowest BCUT2D eigenvalue weighted by Gasteiger charge is -2.24. The Hall–Kier alpha value is -1.77. The van der Waals surface area contributed by atoms with Crippen molar-refractivity contribution in [1.82, 2.24) is 9.88 Å². The molecule has 2 atom stereocenters. The van der Waals surface area contributed by atoms with E-state index in [-0.39, 0.29) is 5.91 Å². The molecule has 2 fully saturated rings. The van der Waals surface area contributed by atoms with Gasteiger partial charge in [-0.05, 0) is 56.7 Å². The third kappa shape index (κ3) is 1.98. The highest BCUT2D eigenvalue weighted by molar-refractivity contribution is 6.01. The van der Waals surface area contributed by atoms with Crippen molar-refractivity contribution in [3.63, 3.8) is 0 Å². The number of H-pyrrole nitrogens is 1. The molecule has 3 nitrogen and oxygen atoms in total. The number of benzene rings is 1. The Morgan fingerprint density at radius 1 is 1.29 bits per heavy atom. The van der Waals surface area contributed by atoms with Crippen LogP contribution < -0.4 is 0 Å². The molecule has 2 bridgehead atoms. The van der Waals surface area contributed by atoms with Crippen LogP contribution in [-0.2, 0) is 0 Å². The number of nitrogens with zero attached hydrogens (tertiary/aromatic N) is 1. The molecule has 1 amide bonds. The number of fused-ring (bicyclic) bond motifs is 3. The second-order valence-electron chi connectivity index (χ2n) is 6.82. The third-order valence-electron chi connectivity index (χ3n) is 5.34. The molecule has 1 aliphatic heterocycles. The van der Waals surface area contributed by atoms with E-state index in [1.54, 1.807) is 0 Å². The van der Waals surface area contributed by atoms with Crippen LogP contribution in [0.3, 0.4) is 0 Å². The number of rotatable bonds is 1. The Kier molecular flexibility index (Phi) is 2.84. The van der Waals surface area contributed by atoms with Gasteiger partial charge in [0.25, 0.3) is 5.91 Å². The molecule has 1 aliphatic carbocycles. The number of aromatic amines is 1. The Balaban J connectivity index is 1.73. The first-order valence-electron chi connectivity index (χ1n) is 8.03. The van der Waals surface area contributed by atoms with E-state index >= 15 is 0 Å². The van der Waals surface area contributed by atoms with Gasteiger partial charge < -0.3 is 9.88 Å². The van der Waals surface area contributed by atoms with Crippen molar-refractivity contribution in [2.75, 3.05) is 6.54 Å². The zero-order chi connectivity index (χ0) is 14.6. The lowest BCUT2D eigenvalue weighted by Crippen LogP contribution is -2.35. The first kappa shape index (κ1) is 12.9. The molecule has 2 aliphatic rings. The molecule has 1 aromatic carbocycles. The maximum atomic E-state index is 13.0. The van der Waals surface area contributed by atoms with E-state index in [4.69, 9.17) is 0 Å². The number of likely N-dealkylation sites (tertiary alicyclic amines) is 1. The Bertz CT molecular complexity index is 715. The van der Waals surface area contributed by atoms with Gasteiger partial charge in [0.15, 0.2) is 0 Å². The monoisotopic (exact) mass is 282 g/mol. The van der Waals surface area contributed by atoms with Crippen LogP contribution in [0.2, 0.25) is 0 Å². The second kappa shape index (κ2) is 4.62. The molecule has 0 spiro atoms. The summed E-state index contributed by atoms with van der Waals surface area (Å²) in [5, 5.41) is 1.18. The zero-order valence-corrected chi connectivity index (χ0v) is 12.8. The highest BCUT2D eigenvalue weighted by atomic mass is 16.2. The molecule has 0 radical (unpaired) electrons. The van der Waals surface area contributed by atoms with E-state index in [1.807, 2.05) is 0 Å². The highest BCUT2D eigenvalue weighted by Crippen LogP contribution is 2.36. The van der Waals surface area contributed by atoms with Crippen molar-refractivity contribution in [1.29, 1.82) is 0 Å². The summed E-state index contributed by atoms with van der Waals surface area (Å²) in [4.78, 5) is 18.4. The standard InChI is InChI=1S/C18H22N2O/c1-11-6-7-16-15(8-11)12(2)17(19-16)18(21)20-10-13-4-3-5-14(20)9-13/h6-8,13-14,19H,3-5,9-10H2,1-2H3/t13-,14+/m1/s1. The summed E-state index contributed by atoms with van der Waals surface area (Å²) in [6.45, 7) is 5.11. The van der Waals surface area contributed by atoms with Crippen LogP contribution in [0, 0.1) is 19.8 Å². The average Bonchev–Trinajstić information content (AvgIpc) is 2.96. The first-order valence-corrected chi connectivity index (χ1v) is 8.03. The van der Waals surface area contributed by atoms with Crippen molar-refractivity contribution in [3.05, 3.63) is 35.0 Å². The number of hydrogen-bond acceptors (Lipinski definition) is 1. The first-order chi connectivity index (χ1) is 10.1. The van der Waals surface area contributed by atoms with Gasteiger partial charge in [-0.15, -0.1) is 0 Å². The van der Waals surface area contributed by atoms with E-state index < -0.39 is 0 Å². The minimum Gasteiger partial charge on any atom is -0.350 e. The van der Waals surface area contributed by atoms with Crippen LogP contribution in [0.15, 0.2) is 18.2 Å². The van der Waals surface area contributed by atoms with Gasteiger partial charge in [-0.25, -0.2) is 0 Å². The molecule has 4 rings (SSSR count). The van der Waals surface area contributed by atoms with Crippen molar-refractivity contribution >= 4 is 16.8 Å². The molecular weight excluding hydrogens is 260 g/mol. The van der Waals surface area contributed by atoms with E-state index in [1.165, 1.54) is 36.6 Å². The molecule has 3 heteroatoms. The van der Waals surface area contributed by atoms with Crippen molar-refractivity contribution in [3.8, 4) is 0 Å². The van der Waals surface area contributed by atoms with Crippen molar-refractivity contribution < 1.29 is 4.79 Å². The van der Waals surface area contributed by atoms with Gasteiger partial charge >= 0.3 is 0 Å². The van der Waals surface area contributed by atoms with Gasteiger partial charge in [-0.2, -0.15) is 0 Å². The average molecular weight is 282 g/mol. The summed E-state index contributed by atoms with van der Waals surface area (Å²) in [5.74, 6) is 0.940. The number of aryl methyl sites for hydroxylation is 2. The van der Waals surface area contributed by atoms with E-state index in [9.17, 15) is 4.79 Å². The fraction of sp³-hybridized carbons (Fsp3) is 0.500. The summed E-state index contributed by atoms with van der Waals surface area (Å²) >= 11 is 0. The molecule has 1 N–H and O–H groups in total. The van der Waals surface area contributed by atoms with E-state index in [2.05, 4.69) is 41.9 Å². The lowest BCUT2D eigenvalue weighted by atomic mass is 9.90. The minimum absolute atomic E-state index is 0.204. The maximum Gasteiger partial charge on any atom is 0.270 e. The third-order valence-corrected chi connectivity index (χ3v) is 5.34. The fourth-order valence-corrected chi connectivity index (χ4v) is 4.19. The SMILES string of the molecule is Cc1ccc2[nH]c(C(=O)N3C[C@@H]4CCC[C@H]3C4)c(C)c2c1. The van der Waals surface area contributed by atoms with Crippen LogP contribution in [0.25, 0.3) is 10.9 Å². The second-order valence-corrected chi connectivity index (χ2v) is 6.82. The van der Waals surface area contributed by atoms with E-state index in [0.717, 1.165) is 29.2 Å². The van der Waals surface area contributed by atoms with Crippen LogP contribution in [0.1, 0.15) is 47.3 Å². The molecular formula is C18H22N2O. The number of amides is 1. The van der Waals surface area contributed by atoms with Crippen molar-refractivity contribution in [2.45, 2.75) is 45.6 Å². The van der Waals surface area contributed by atoms with E-state index in [0.29, 0.717) is 6.04 Å². The number of carbonyl (C=O) groups is 1. The summed E-state index contributed by atoms with van der Waals surface area (Å²) in [6, 6.07) is 6.82. The minimum atomic E-state index is 0.204. The van der Waals surface area contributed by atoms with Crippen LogP contribution in [0.5, 0.6) is 0 Å². The molecule has 1 saturated heterocycles. The predicted molar refractivity (Wildman–Crippen MR) is 84.6 cm³/mol. The van der Waals surface area contributed by atoms with Gasteiger partial charge in [0, 0.05) is 23.5 Å². The quantitative estimate of drug-likeness (QED) is 0.848. The summed E-state index contributed by atoms with van der Waals surface area (Å²) in [7, 11) is 0. The normalized spacial score (nSPS) is 24.8. The number of nitrogens with one attached hydrogen (secondary N) is 1. The molecule has 2 heterocycles. The molecule has 1 aromatic heterocycles. The molecule has 21 heavy (non-hydrogen) atoms. The lowest BCUT2D eigenvalue weighted by molar-refractivity contribution is 0.0727.